The predicted molar refractivity (Wildman–Crippen MR) is 94.2 cm³/mol. The van der Waals surface area contributed by atoms with Crippen molar-refractivity contribution in [2.75, 3.05) is 0 Å². The third-order valence-corrected chi connectivity index (χ3v) is 4.85. The topological polar surface area (TPSA) is 100 Å². The first-order chi connectivity index (χ1) is 11.9. The van der Waals surface area contributed by atoms with Crippen LogP contribution in [0.25, 0.3) is 21.1 Å². The molecule has 1 aromatic heterocycles. The van der Waals surface area contributed by atoms with Gasteiger partial charge in [0.15, 0.2) is 0 Å². The molecule has 126 valence electrons. The number of aromatic carboxylic acids is 2. The van der Waals surface area contributed by atoms with E-state index >= 15 is 0 Å². The third-order valence-electron chi connectivity index (χ3n) is 3.83. The minimum Gasteiger partial charge on any atom is -0.478 e. The highest BCUT2D eigenvalue weighted by Gasteiger charge is 2.14. The van der Waals surface area contributed by atoms with Crippen LogP contribution in [0.4, 0.5) is 0 Å². The van der Waals surface area contributed by atoms with E-state index in [4.69, 9.17) is 10.2 Å². The molecular formula is C18H14N2O4S. The molecule has 0 bridgehead atoms. The van der Waals surface area contributed by atoms with Gasteiger partial charge in [0.05, 0.1) is 11.1 Å². The highest BCUT2D eigenvalue weighted by atomic mass is 32.1. The number of hydrogen-bond acceptors (Lipinski definition) is 5. The van der Waals surface area contributed by atoms with Crippen LogP contribution in [0.1, 0.15) is 31.8 Å². The van der Waals surface area contributed by atoms with Crippen LogP contribution in [0.15, 0.2) is 36.4 Å². The zero-order chi connectivity index (χ0) is 18.1. The number of aryl methyl sites for hydroxylation is 2. The first-order valence-electron chi connectivity index (χ1n) is 7.39. The van der Waals surface area contributed by atoms with Gasteiger partial charge in [-0.05, 0) is 49.2 Å². The Morgan fingerprint density at radius 1 is 0.800 bits per heavy atom. The molecule has 7 heteroatoms. The van der Waals surface area contributed by atoms with Crippen LogP contribution in [-0.2, 0) is 0 Å². The van der Waals surface area contributed by atoms with Gasteiger partial charge in [-0.25, -0.2) is 9.59 Å². The Kier molecular flexibility index (Phi) is 4.33. The van der Waals surface area contributed by atoms with Crippen molar-refractivity contribution in [3.8, 4) is 21.1 Å². The molecule has 0 aliphatic carbocycles. The second-order valence-electron chi connectivity index (χ2n) is 5.58. The summed E-state index contributed by atoms with van der Waals surface area (Å²) in [5, 5.41) is 27.9. The minimum atomic E-state index is -0.962. The second-order valence-corrected chi connectivity index (χ2v) is 6.56. The molecular weight excluding hydrogens is 340 g/mol. The van der Waals surface area contributed by atoms with Crippen LogP contribution in [0.2, 0.25) is 0 Å². The molecule has 0 unspecified atom stereocenters. The van der Waals surface area contributed by atoms with E-state index in [0.717, 1.165) is 11.1 Å². The first kappa shape index (κ1) is 16.8. The highest BCUT2D eigenvalue weighted by molar-refractivity contribution is 7.17. The van der Waals surface area contributed by atoms with Crippen LogP contribution in [0.5, 0.6) is 0 Å². The first-order valence-corrected chi connectivity index (χ1v) is 8.20. The molecule has 0 saturated carbocycles. The van der Waals surface area contributed by atoms with Crippen molar-refractivity contribution in [2.45, 2.75) is 13.8 Å². The van der Waals surface area contributed by atoms with Crippen molar-refractivity contribution in [1.82, 2.24) is 10.2 Å². The molecule has 2 aromatic carbocycles. The normalized spacial score (nSPS) is 10.6. The number of aromatic nitrogens is 2. The van der Waals surface area contributed by atoms with E-state index in [1.807, 2.05) is 0 Å². The van der Waals surface area contributed by atoms with Gasteiger partial charge in [-0.1, -0.05) is 23.5 Å². The number of benzene rings is 2. The molecule has 0 atom stereocenters. The monoisotopic (exact) mass is 354 g/mol. The van der Waals surface area contributed by atoms with E-state index in [2.05, 4.69) is 10.2 Å². The summed E-state index contributed by atoms with van der Waals surface area (Å²) in [5.74, 6) is -1.92. The van der Waals surface area contributed by atoms with Gasteiger partial charge in [-0.15, -0.1) is 10.2 Å². The van der Waals surface area contributed by atoms with Gasteiger partial charge in [0.25, 0.3) is 0 Å². The summed E-state index contributed by atoms with van der Waals surface area (Å²) >= 11 is 1.37. The Bertz CT molecular complexity index is 916. The van der Waals surface area contributed by atoms with Crippen molar-refractivity contribution in [2.24, 2.45) is 0 Å². The molecule has 1 heterocycles. The van der Waals surface area contributed by atoms with Crippen LogP contribution >= 0.6 is 11.3 Å². The standard InChI is InChI=1S/C18H14N2O4S/c1-9-7-11(3-5-13(9)17(21)22)15-19-20-16(25-15)12-4-6-14(18(23)24)10(2)8-12/h3-8H,1-2H3,(H,21,22)(H,23,24). The van der Waals surface area contributed by atoms with Gasteiger partial charge in [-0.3, -0.25) is 0 Å². The van der Waals surface area contributed by atoms with Gasteiger partial charge in [0.1, 0.15) is 10.0 Å². The number of carboxylic acids is 2. The Morgan fingerprint density at radius 2 is 1.20 bits per heavy atom. The Balaban J connectivity index is 1.95. The lowest BCUT2D eigenvalue weighted by molar-refractivity contribution is 0.0685. The molecule has 0 saturated heterocycles. The quantitative estimate of drug-likeness (QED) is 0.737. The second kappa shape index (κ2) is 6.45. The Morgan fingerprint density at radius 3 is 1.52 bits per heavy atom. The van der Waals surface area contributed by atoms with Crippen LogP contribution in [-0.4, -0.2) is 32.3 Å². The van der Waals surface area contributed by atoms with Gasteiger partial charge >= 0.3 is 11.9 Å². The molecule has 0 aliphatic heterocycles. The van der Waals surface area contributed by atoms with Crippen molar-refractivity contribution in [3.63, 3.8) is 0 Å². The molecule has 0 fully saturated rings. The molecule has 0 amide bonds. The summed E-state index contributed by atoms with van der Waals surface area (Å²) in [6, 6.07) is 10.1. The van der Waals surface area contributed by atoms with E-state index in [0.29, 0.717) is 21.1 Å². The SMILES string of the molecule is Cc1cc(-c2nnc(-c3ccc(C(=O)O)c(C)c3)s2)ccc1C(=O)O. The van der Waals surface area contributed by atoms with Gasteiger partial charge < -0.3 is 10.2 Å². The van der Waals surface area contributed by atoms with E-state index in [-0.39, 0.29) is 11.1 Å². The summed E-state index contributed by atoms with van der Waals surface area (Å²) in [4.78, 5) is 22.2. The number of rotatable bonds is 4. The van der Waals surface area contributed by atoms with E-state index in [9.17, 15) is 9.59 Å². The zero-order valence-corrected chi connectivity index (χ0v) is 14.3. The summed E-state index contributed by atoms with van der Waals surface area (Å²) in [6.45, 7) is 3.48. The van der Waals surface area contributed by atoms with Crippen molar-refractivity contribution in [3.05, 3.63) is 58.7 Å². The maximum Gasteiger partial charge on any atom is 0.335 e. The zero-order valence-electron chi connectivity index (χ0n) is 13.5. The summed E-state index contributed by atoms with van der Waals surface area (Å²) in [5.41, 5.74) is 3.42. The summed E-state index contributed by atoms with van der Waals surface area (Å²) in [6.07, 6.45) is 0. The van der Waals surface area contributed by atoms with Crippen molar-refractivity contribution in [1.29, 1.82) is 0 Å². The molecule has 0 radical (unpaired) electrons. The van der Waals surface area contributed by atoms with E-state index < -0.39 is 11.9 Å². The highest BCUT2D eigenvalue weighted by Crippen LogP contribution is 2.31. The Labute approximate surface area is 147 Å². The Hall–Kier alpha value is -3.06. The van der Waals surface area contributed by atoms with Gasteiger partial charge in [-0.2, -0.15) is 0 Å². The van der Waals surface area contributed by atoms with E-state index in [1.165, 1.54) is 11.3 Å². The summed E-state index contributed by atoms with van der Waals surface area (Å²) < 4.78 is 0. The molecule has 6 nitrogen and oxygen atoms in total. The number of carboxylic acid groups (broad SMARTS) is 2. The minimum absolute atomic E-state index is 0.258. The van der Waals surface area contributed by atoms with E-state index in [1.54, 1.807) is 50.2 Å². The maximum atomic E-state index is 11.1. The number of nitrogens with zero attached hydrogens (tertiary/aromatic N) is 2. The van der Waals surface area contributed by atoms with Gasteiger partial charge in [0.2, 0.25) is 0 Å². The average Bonchev–Trinajstić information content (AvgIpc) is 3.03. The van der Waals surface area contributed by atoms with Crippen molar-refractivity contribution >= 4 is 23.3 Å². The van der Waals surface area contributed by atoms with Crippen LogP contribution in [0, 0.1) is 13.8 Å². The molecule has 0 aliphatic rings. The smallest absolute Gasteiger partial charge is 0.335 e. The summed E-state index contributed by atoms with van der Waals surface area (Å²) in [7, 11) is 0. The average molecular weight is 354 g/mol. The van der Waals surface area contributed by atoms with Crippen LogP contribution in [0.3, 0.4) is 0 Å². The van der Waals surface area contributed by atoms with Crippen molar-refractivity contribution < 1.29 is 19.8 Å². The molecule has 0 spiro atoms. The maximum absolute atomic E-state index is 11.1. The molecule has 2 N–H and O–H groups in total. The van der Waals surface area contributed by atoms with Gasteiger partial charge in [0, 0.05) is 11.1 Å². The lowest BCUT2D eigenvalue weighted by Gasteiger charge is -2.03. The number of hydrogen-bond donors (Lipinski definition) is 2. The lowest BCUT2D eigenvalue weighted by Crippen LogP contribution is -1.99. The number of carbonyl (C=O) groups is 2. The molecule has 3 rings (SSSR count). The van der Waals surface area contributed by atoms with Crippen LogP contribution < -0.4 is 0 Å². The fourth-order valence-electron chi connectivity index (χ4n) is 2.53. The molecule has 3 aromatic rings. The lowest BCUT2D eigenvalue weighted by atomic mass is 10.1. The third kappa shape index (κ3) is 3.27. The fourth-order valence-corrected chi connectivity index (χ4v) is 3.37. The fraction of sp³-hybridized carbons (Fsp3) is 0.111. The predicted octanol–water partition coefficient (Wildman–Crippen LogP) is 3.89. The molecule has 25 heavy (non-hydrogen) atoms. The largest absolute Gasteiger partial charge is 0.478 e.